The molecule has 2 heterocycles. The van der Waals surface area contributed by atoms with Gasteiger partial charge in [-0.1, -0.05) is 12.1 Å². The van der Waals surface area contributed by atoms with Crippen LogP contribution in [0.1, 0.15) is 29.7 Å². The van der Waals surface area contributed by atoms with Gasteiger partial charge < -0.3 is 19.5 Å². The number of amides is 1. The number of hydrogen-bond donors (Lipinski definition) is 1. The second-order valence-electron chi connectivity index (χ2n) is 6.43. The van der Waals surface area contributed by atoms with Crippen molar-refractivity contribution in [3.63, 3.8) is 0 Å². The van der Waals surface area contributed by atoms with E-state index in [1.807, 2.05) is 43.3 Å². The Balaban J connectivity index is 1.39. The van der Waals surface area contributed by atoms with E-state index in [1.54, 1.807) is 6.08 Å². The summed E-state index contributed by atoms with van der Waals surface area (Å²) in [7, 11) is 0. The van der Waals surface area contributed by atoms with Crippen molar-refractivity contribution in [3.8, 4) is 17.2 Å². The summed E-state index contributed by atoms with van der Waals surface area (Å²) in [6, 6.07) is 11.6. The predicted molar refractivity (Wildman–Crippen MR) is 98.7 cm³/mol. The molecule has 0 aromatic heterocycles. The molecular weight excluding hydrogens is 330 g/mol. The highest BCUT2D eigenvalue weighted by molar-refractivity contribution is 5.92. The zero-order valence-electron chi connectivity index (χ0n) is 14.7. The molecule has 134 valence electrons. The van der Waals surface area contributed by atoms with Crippen LogP contribution in [0.5, 0.6) is 17.2 Å². The fourth-order valence-electron chi connectivity index (χ4n) is 3.16. The molecule has 0 radical (unpaired) electrons. The first-order valence-corrected chi connectivity index (χ1v) is 8.83. The van der Waals surface area contributed by atoms with E-state index in [0.717, 1.165) is 41.4 Å². The number of carbonyl (C=O) groups is 1. The van der Waals surface area contributed by atoms with Crippen molar-refractivity contribution in [3.05, 3.63) is 59.2 Å². The topological polar surface area (TPSA) is 56.8 Å². The molecule has 0 fully saturated rings. The Bertz CT molecular complexity index is 859. The van der Waals surface area contributed by atoms with Crippen LogP contribution in [0.2, 0.25) is 0 Å². The molecule has 1 N–H and O–H groups in total. The SMILES string of the molecule is CC(NC(=O)/C=C/c1ccc2c(c1)CCO2)c1ccc2c(c1)OCCO2. The maximum Gasteiger partial charge on any atom is 0.244 e. The number of rotatable bonds is 4. The molecular formula is C21H21NO4. The number of carbonyl (C=O) groups excluding carboxylic acids is 1. The van der Waals surface area contributed by atoms with E-state index in [9.17, 15) is 4.79 Å². The Morgan fingerprint density at radius 2 is 1.77 bits per heavy atom. The Labute approximate surface area is 152 Å². The zero-order valence-corrected chi connectivity index (χ0v) is 14.7. The monoisotopic (exact) mass is 351 g/mol. The summed E-state index contributed by atoms with van der Waals surface area (Å²) in [5.41, 5.74) is 3.17. The molecule has 0 saturated heterocycles. The van der Waals surface area contributed by atoms with Gasteiger partial charge in [0, 0.05) is 12.5 Å². The molecule has 1 atom stereocenters. The quantitative estimate of drug-likeness (QED) is 0.859. The summed E-state index contributed by atoms with van der Waals surface area (Å²) in [5.74, 6) is 2.28. The molecule has 2 aromatic carbocycles. The molecule has 2 aliphatic rings. The van der Waals surface area contributed by atoms with Crippen molar-refractivity contribution in [2.45, 2.75) is 19.4 Å². The summed E-state index contributed by atoms with van der Waals surface area (Å²) in [6.07, 6.45) is 4.31. The first kappa shape index (κ1) is 16.5. The van der Waals surface area contributed by atoms with Crippen molar-refractivity contribution < 1.29 is 19.0 Å². The minimum Gasteiger partial charge on any atom is -0.493 e. The van der Waals surface area contributed by atoms with E-state index in [1.165, 1.54) is 5.56 Å². The first-order valence-electron chi connectivity index (χ1n) is 8.83. The molecule has 2 aromatic rings. The van der Waals surface area contributed by atoms with E-state index >= 15 is 0 Å². The minimum absolute atomic E-state index is 0.128. The van der Waals surface area contributed by atoms with Gasteiger partial charge in [-0.25, -0.2) is 0 Å². The lowest BCUT2D eigenvalue weighted by atomic mass is 10.1. The molecule has 0 spiro atoms. The smallest absolute Gasteiger partial charge is 0.244 e. The normalized spacial score (nSPS) is 16.0. The van der Waals surface area contributed by atoms with Gasteiger partial charge in [-0.15, -0.1) is 0 Å². The lowest BCUT2D eigenvalue weighted by Crippen LogP contribution is -2.25. The Morgan fingerprint density at radius 1 is 1.00 bits per heavy atom. The maximum absolute atomic E-state index is 12.2. The van der Waals surface area contributed by atoms with Crippen molar-refractivity contribution in [1.29, 1.82) is 0 Å². The third kappa shape index (κ3) is 3.52. The summed E-state index contributed by atoms with van der Waals surface area (Å²) in [6.45, 7) is 3.80. The highest BCUT2D eigenvalue weighted by Crippen LogP contribution is 2.32. The van der Waals surface area contributed by atoms with E-state index < -0.39 is 0 Å². The number of ether oxygens (including phenoxy) is 3. The molecule has 26 heavy (non-hydrogen) atoms. The molecule has 0 aliphatic carbocycles. The van der Waals surface area contributed by atoms with Crippen molar-refractivity contribution >= 4 is 12.0 Å². The zero-order chi connectivity index (χ0) is 17.9. The van der Waals surface area contributed by atoms with Crippen LogP contribution >= 0.6 is 0 Å². The second kappa shape index (κ2) is 7.12. The van der Waals surface area contributed by atoms with Gasteiger partial charge in [-0.05, 0) is 54.0 Å². The third-order valence-electron chi connectivity index (χ3n) is 4.57. The van der Waals surface area contributed by atoms with Crippen LogP contribution in [0.25, 0.3) is 6.08 Å². The summed E-state index contributed by atoms with van der Waals surface area (Å²) < 4.78 is 16.6. The van der Waals surface area contributed by atoms with E-state index in [-0.39, 0.29) is 11.9 Å². The Kier molecular flexibility index (Phi) is 4.52. The molecule has 1 amide bonds. The van der Waals surface area contributed by atoms with Crippen molar-refractivity contribution in [1.82, 2.24) is 5.32 Å². The summed E-state index contributed by atoms with van der Waals surface area (Å²) >= 11 is 0. The molecule has 0 bridgehead atoms. The summed E-state index contributed by atoms with van der Waals surface area (Å²) in [5, 5.41) is 2.98. The number of hydrogen-bond acceptors (Lipinski definition) is 4. The van der Waals surface area contributed by atoms with Crippen LogP contribution < -0.4 is 19.5 Å². The van der Waals surface area contributed by atoms with Crippen LogP contribution in [0.3, 0.4) is 0 Å². The number of benzene rings is 2. The van der Waals surface area contributed by atoms with Gasteiger partial charge in [-0.2, -0.15) is 0 Å². The minimum atomic E-state index is -0.135. The largest absolute Gasteiger partial charge is 0.493 e. The molecule has 5 heteroatoms. The van der Waals surface area contributed by atoms with Crippen LogP contribution in [0.4, 0.5) is 0 Å². The van der Waals surface area contributed by atoms with Gasteiger partial charge >= 0.3 is 0 Å². The Morgan fingerprint density at radius 3 is 2.65 bits per heavy atom. The van der Waals surface area contributed by atoms with Gasteiger partial charge in [0.25, 0.3) is 0 Å². The lowest BCUT2D eigenvalue weighted by Gasteiger charge is -2.20. The second-order valence-corrected chi connectivity index (χ2v) is 6.43. The van der Waals surface area contributed by atoms with Gasteiger partial charge in [0.1, 0.15) is 19.0 Å². The molecule has 0 saturated carbocycles. The molecule has 2 aliphatic heterocycles. The molecule has 4 rings (SSSR count). The van der Waals surface area contributed by atoms with Gasteiger partial charge in [0.05, 0.1) is 12.6 Å². The fraction of sp³-hybridized carbons (Fsp3) is 0.286. The standard InChI is InChI=1S/C21H21NO4/c1-14(16-4-6-19-20(13-16)26-11-10-25-19)22-21(23)7-3-15-2-5-18-17(12-15)8-9-24-18/h2-7,12-14H,8-11H2,1H3,(H,22,23)/b7-3+. The van der Waals surface area contributed by atoms with E-state index in [4.69, 9.17) is 14.2 Å². The highest BCUT2D eigenvalue weighted by Gasteiger charge is 2.15. The van der Waals surface area contributed by atoms with Crippen LogP contribution in [-0.2, 0) is 11.2 Å². The van der Waals surface area contributed by atoms with Crippen LogP contribution in [0.15, 0.2) is 42.5 Å². The predicted octanol–water partition coefficient (Wildman–Crippen LogP) is 3.28. The molecule has 5 nitrogen and oxygen atoms in total. The average molecular weight is 351 g/mol. The van der Waals surface area contributed by atoms with E-state index in [0.29, 0.717) is 13.2 Å². The summed E-state index contributed by atoms with van der Waals surface area (Å²) in [4.78, 5) is 12.2. The van der Waals surface area contributed by atoms with Crippen LogP contribution in [0, 0.1) is 0 Å². The lowest BCUT2D eigenvalue weighted by molar-refractivity contribution is -0.117. The fourth-order valence-corrected chi connectivity index (χ4v) is 3.16. The van der Waals surface area contributed by atoms with Crippen molar-refractivity contribution in [2.24, 2.45) is 0 Å². The molecule has 1 unspecified atom stereocenters. The van der Waals surface area contributed by atoms with Crippen molar-refractivity contribution in [2.75, 3.05) is 19.8 Å². The number of fused-ring (bicyclic) bond motifs is 2. The maximum atomic E-state index is 12.2. The van der Waals surface area contributed by atoms with Crippen LogP contribution in [-0.4, -0.2) is 25.7 Å². The Hall–Kier alpha value is -2.95. The number of nitrogens with one attached hydrogen (secondary N) is 1. The average Bonchev–Trinajstić information content (AvgIpc) is 3.13. The van der Waals surface area contributed by atoms with Gasteiger partial charge in [0.2, 0.25) is 5.91 Å². The first-order chi connectivity index (χ1) is 12.7. The van der Waals surface area contributed by atoms with Gasteiger partial charge in [0.15, 0.2) is 11.5 Å². The van der Waals surface area contributed by atoms with Gasteiger partial charge in [-0.3, -0.25) is 4.79 Å². The third-order valence-corrected chi connectivity index (χ3v) is 4.57. The van der Waals surface area contributed by atoms with E-state index in [2.05, 4.69) is 11.4 Å². The highest BCUT2D eigenvalue weighted by atomic mass is 16.6.